The molecule has 0 amide bonds. The van der Waals surface area contributed by atoms with Gasteiger partial charge in [-0.15, -0.1) is 0 Å². The fourth-order valence-corrected chi connectivity index (χ4v) is 3.45. The fourth-order valence-electron chi connectivity index (χ4n) is 3.45. The molecule has 1 aliphatic heterocycles. The zero-order chi connectivity index (χ0) is 16.9. The molecule has 0 radical (unpaired) electrons. The standard InChI is InChI=1S/C21H28N2O/c1-16(23-11-10-19-7-3-4-8-21(19)14-23)13-22-17(2)20-9-5-6-18(12-20)15-24/h3-9,12,16-17,22,24H,10-11,13-15H2,1-2H3. The van der Waals surface area contributed by atoms with Crippen LogP contribution >= 0.6 is 0 Å². The van der Waals surface area contributed by atoms with Crippen LogP contribution in [0.1, 0.15) is 42.1 Å². The molecule has 1 aliphatic rings. The molecule has 24 heavy (non-hydrogen) atoms. The number of nitrogens with zero attached hydrogens (tertiary/aromatic N) is 1. The van der Waals surface area contributed by atoms with Gasteiger partial charge in [0.05, 0.1) is 6.61 Å². The molecule has 0 bridgehead atoms. The Morgan fingerprint density at radius 1 is 1.08 bits per heavy atom. The van der Waals surface area contributed by atoms with Crippen molar-refractivity contribution in [3.63, 3.8) is 0 Å². The monoisotopic (exact) mass is 324 g/mol. The maximum atomic E-state index is 9.29. The molecule has 0 fully saturated rings. The summed E-state index contributed by atoms with van der Waals surface area (Å²) in [6.45, 7) is 7.74. The lowest BCUT2D eigenvalue weighted by atomic mass is 9.98. The van der Waals surface area contributed by atoms with Crippen molar-refractivity contribution in [2.24, 2.45) is 0 Å². The topological polar surface area (TPSA) is 35.5 Å². The number of nitrogens with one attached hydrogen (secondary N) is 1. The van der Waals surface area contributed by atoms with Crippen LogP contribution in [-0.2, 0) is 19.6 Å². The first-order chi connectivity index (χ1) is 11.7. The van der Waals surface area contributed by atoms with E-state index in [-0.39, 0.29) is 12.6 Å². The van der Waals surface area contributed by atoms with Crippen molar-refractivity contribution in [2.75, 3.05) is 13.1 Å². The van der Waals surface area contributed by atoms with Crippen molar-refractivity contribution >= 4 is 0 Å². The number of benzene rings is 2. The van der Waals surface area contributed by atoms with E-state index in [1.807, 2.05) is 12.1 Å². The van der Waals surface area contributed by atoms with Crippen LogP contribution in [0.15, 0.2) is 48.5 Å². The Hall–Kier alpha value is -1.68. The maximum absolute atomic E-state index is 9.29. The van der Waals surface area contributed by atoms with E-state index in [2.05, 4.69) is 60.5 Å². The molecule has 3 nitrogen and oxygen atoms in total. The number of rotatable bonds is 6. The molecule has 128 valence electrons. The van der Waals surface area contributed by atoms with Crippen LogP contribution in [0.25, 0.3) is 0 Å². The quantitative estimate of drug-likeness (QED) is 0.856. The Balaban J connectivity index is 1.55. The maximum Gasteiger partial charge on any atom is 0.0681 e. The van der Waals surface area contributed by atoms with Crippen molar-refractivity contribution in [1.82, 2.24) is 10.2 Å². The second-order valence-electron chi connectivity index (χ2n) is 6.87. The summed E-state index contributed by atoms with van der Waals surface area (Å²) in [6.07, 6.45) is 1.15. The van der Waals surface area contributed by atoms with Gasteiger partial charge in [-0.3, -0.25) is 4.90 Å². The van der Waals surface area contributed by atoms with E-state index in [1.165, 1.54) is 16.7 Å². The second kappa shape index (κ2) is 7.93. The number of aliphatic hydroxyl groups is 1. The van der Waals surface area contributed by atoms with Gasteiger partial charge in [-0.25, -0.2) is 0 Å². The average Bonchev–Trinajstić information content (AvgIpc) is 2.65. The summed E-state index contributed by atoms with van der Waals surface area (Å²) in [6, 6.07) is 17.8. The van der Waals surface area contributed by atoms with Crippen LogP contribution in [0.4, 0.5) is 0 Å². The van der Waals surface area contributed by atoms with Crippen LogP contribution in [0, 0.1) is 0 Å². The Bertz CT molecular complexity index is 670. The summed E-state index contributed by atoms with van der Waals surface area (Å²) in [5.74, 6) is 0. The lowest BCUT2D eigenvalue weighted by Gasteiger charge is -2.34. The van der Waals surface area contributed by atoms with E-state index in [0.717, 1.165) is 31.6 Å². The number of hydrogen-bond acceptors (Lipinski definition) is 3. The highest BCUT2D eigenvalue weighted by atomic mass is 16.3. The van der Waals surface area contributed by atoms with Crippen LogP contribution in [-0.4, -0.2) is 29.1 Å². The molecule has 2 aromatic rings. The van der Waals surface area contributed by atoms with Crippen LogP contribution in [0.3, 0.4) is 0 Å². The minimum Gasteiger partial charge on any atom is -0.392 e. The summed E-state index contributed by atoms with van der Waals surface area (Å²) in [5, 5.41) is 12.9. The Morgan fingerprint density at radius 3 is 2.67 bits per heavy atom. The first-order valence-electron chi connectivity index (χ1n) is 8.91. The Morgan fingerprint density at radius 2 is 1.88 bits per heavy atom. The third-order valence-corrected chi connectivity index (χ3v) is 5.14. The molecular formula is C21H28N2O. The van der Waals surface area contributed by atoms with Crippen LogP contribution in [0.5, 0.6) is 0 Å². The third kappa shape index (κ3) is 4.04. The van der Waals surface area contributed by atoms with Gasteiger partial charge in [0.1, 0.15) is 0 Å². The van der Waals surface area contributed by atoms with E-state index in [9.17, 15) is 5.11 Å². The van der Waals surface area contributed by atoms with Crippen LogP contribution in [0.2, 0.25) is 0 Å². The minimum atomic E-state index is 0.101. The summed E-state index contributed by atoms with van der Waals surface area (Å²) in [4.78, 5) is 2.56. The zero-order valence-electron chi connectivity index (χ0n) is 14.7. The lowest BCUT2D eigenvalue weighted by molar-refractivity contribution is 0.184. The summed E-state index contributed by atoms with van der Waals surface area (Å²) < 4.78 is 0. The highest BCUT2D eigenvalue weighted by Crippen LogP contribution is 2.20. The Labute approximate surface area is 145 Å². The van der Waals surface area contributed by atoms with Crippen molar-refractivity contribution in [1.29, 1.82) is 0 Å². The lowest BCUT2D eigenvalue weighted by Crippen LogP contribution is -2.43. The number of hydrogen-bond donors (Lipinski definition) is 2. The van der Waals surface area contributed by atoms with Gasteiger partial charge in [0.25, 0.3) is 0 Å². The summed E-state index contributed by atoms with van der Waals surface area (Å²) >= 11 is 0. The molecule has 0 spiro atoms. The van der Waals surface area contributed by atoms with E-state index in [0.29, 0.717) is 6.04 Å². The highest BCUT2D eigenvalue weighted by Gasteiger charge is 2.20. The molecule has 0 aliphatic carbocycles. The van der Waals surface area contributed by atoms with Gasteiger partial charge in [-0.2, -0.15) is 0 Å². The third-order valence-electron chi connectivity index (χ3n) is 5.14. The predicted molar refractivity (Wildman–Crippen MR) is 98.8 cm³/mol. The van der Waals surface area contributed by atoms with Gasteiger partial charge < -0.3 is 10.4 Å². The van der Waals surface area contributed by atoms with E-state index < -0.39 is 0 Å². The SMILES string of the molecule is CC(NCC(C)N1CCc2ccccc2C1)c1cccc(CO)c1. The normalized spacial score (nSPS) is 17.3. The highest BCUT2D eigenvalue weighted by molar-refractivity contribution is 5.29. The number of fused-ring (bicyclic) bond motifs is 1. The van der Waals surface area contributed by atoms with Gasteiger partial charge in [0, 0.05) is 31.7 Å². The molecular weight excluding hydrogens is 296 g/mol. The fraction of sp³-hybridized carbons (Fsp3) is 0.429. The zero-order valence-corrected chi connectivity index (χ0v) is 14.7. The van der Waals surface area contributed by atoms with E-state index in [1.54, 1.807) is 0 Å². The molecule has 3 rings (SSSR count). The minimum absolute atomic E-state index is 0.101. The molecule has 1 heterocycles. The van der Waals surface area contributed by atoms with Gasteiger partial charge in [0.15, 0.2) is 0 Å². The van der Waals surface area contributed by atoms with Crippen molar-refractivity contribution in [2.45, 2.75) is 45.5 Å². The molecule has 0 aromatic heterocycles. The van der Waals surface area contributed by atoms with Gasteiger partial charge >= 0.3 is 0 Å². The van der Waals surface area contributed by atoms with Crippen molar-refractivity contribution in [3.05, 3.63) is 70.8 Å². The molecule has 0 saturated carbocycles. The molecule has 2 aromatic carbocycles. The van der Waals surface area contributed by atoms with E-state index >= 15 is 0 Å². The smallest absolute Gasteiger partial charge is 0.0681 e. The predicted octanol–water partition coefficient (Wildman–Crippen LogP) is 3.28. The Kier molecular flexibility index (Phi) is 5.67. The average molecular weight is 324 g/mol. The summed E-state index contributed by atoms with van der Waals surface area (Å²) in [5.41, 5.74) is 5.18. The number of aliphatic hydroxyl groups excluding tert-OH is 1. The molecule has 2 unspecified atom stereocenters. The molecule has 2 N–H and O–H groups in total. The van der Waals surface area contributed by atoms with Crippen LogP contribution < -0.4 is 5.32 Å². The van der Waals surface area contributed by atoms with Crippen molar-refractivity contribution < 1.29 is 5.11 Å². The van der Waals surface area contributed by atoms with Gasteiger partial charge in [-0.1, -0.05) is 48.5 Å². The second-order valence-corrected chi connectivity index (χ2v) is 6.87. The van der Waals surface area contributed by atoms with Gasteiger partial charge in [0.2, 0.25) is 0 Å². The molecule has 2 atom stereocenters. The first-order valence-corrected chi connectivity index (χ1v) is 8.91. The summed E-state index contributed by atoms with van der Waals surface area (Å²) in [7, 11) is 0. The van der Waals surface area contributed by atoms with Gasteiger partial charge in [-0.05, 0) is 42.5 Å². The first kappa shape index (κ1) is 17.2. The largest absolute Gasteiger partial charge is 0.392 e. The van der Waals surface area contributed by atoms with Crippen molar-refractivity contribution in [3.8, 4) is 0 Å². The van der Waals surface area contributed by atoms with E-state index in [4.69, 9.17) is 0 Å². The molecule has 3 heteroatoms. The molecule has 0 saturated heterocycles.